The van der Waals surface area contributed by atoms with Crippen LogP contribution in [0.4, 0.5) is 0 Å². The fraction of sp³-hybridized carbons (Fsp3) is 0.294. The van der Waals surface area contributed by atoms with Crippen LogP contribution >= 0.6 is 11.6 Å². The highest BCUT2D eigenvalue weighted by atomic mass is 35.5. The lowest BCUT2D eigenvalue weighted by Gasteiger charge is -2.14. The van der Waals surface area contributed by atoms with Gasteiger partial charge < -0.3 is 4.74 Å². The molecule has 0 atom stereocenters. The fourth-order valence-corrected chi connectivity index (χ4v) is 2.48. The summed E-state index contributed by atoms with van der Waals surface area (Å²) in [6.45, 7) is 7.00. The first-order valence-electron chi connectivity index (χ1n) is 7.29. The predicted octanol–water partition coefficient (Wildman–Crippen LogP) is 4.39. The lowest BCUT2D eigenvalue weighted by Crippen LogP contribution is -2.05. The number of rotatable bonds is 4. The Morgan fingerprint density at radius 3 is 2.82 bits per heavy atom. The standard InChI is InChI=1S/C17H18ClN3O/c1-11(2)10-22-15-9-12(3)6-7-13(15)14-5-4-8-21-16(14)19-17(18)20-21/h4-9,11H,10H2,1-3H3. The van der Waals surface area contributed by atoms with E-state index < -0.39 is 0 Å². The zero-order valence-electron chi connectivity index (χ0n) is 12.9. The van der Waals surface area contributed by atoms with E-state index in [9.17, 15) is 0 Å². The summed E-state index contributed by atoms with van der Waals surface area (Å²) in [7, 11) is 0. The van der Waals surface area contributed by atoms with Crippen LogP contribution in [0.5, 0.6) is 5.75 Å². The molecule has 0 aliphatic carbocycles. The molecule has 4 nitrogen and oxygen atoms in total. The summed E-state index contributed by atoms with van der Waals surface area (Å²) in [5.74, 6) is 1.33. The number of aromatic nitrogens is 3. The van der Waals surface area contributed by atoms with Gasteiger partial charge in [0.05, 0.1) is 6.61 Å². The molecule has 3 aromatic rings. The van der Waals surface area contributed by atoms with E-state index in [2.05, 4.69) is 49.1 Å². The maximum Gasteiger partial charge on any atom is 0.243 e. The molecule has 0 amide bonds. The van der Waals surface area contributed by atoms with E-state index in [0.29, 0.717) is 12.5 Å². The zero-order valence-corrected chi connectivity index (χ0v) is 13.6. The fourth-order valence-electron chi connectivity index (χ4n) is 2.32. The van der Waals surface area contributed by atoms with Gasteiger partial charge in [-0.15, -0.1) is 5.10 Å². The normalized spacial score (nSPS) is 11.3. The van der Waals surface area contributed by atoms with Crippen LogP contribution in [0.25, 0.3) is 16.8 Å². The van der Waals surface area contributed by atoms with E-state index in [0.717, 1.165) is 28.1 Å². The Hall–Kier alpha value is -2.07. The maximum absolute atomic E-state index is 6.00. The van der Waals surface area contributed by atoms with Crippen LogP contribution in [0.2, 0.25) is 5.28 Å². The molecule has 3 rings (SSSR count). The molecule has 0 N–H and O–H groups in total. The van der Waals surface area contributed by atoms with E-state index in [1.165, 1.54) is 0 Å². The Morgan fingerprint density at radius 1 is 1.23 bits per heavy atom. The summed E-state index contributed by atoms with van der Waals surface area (Å²) in [6, 6.07) is 10.1. The predicted molar refractivity (Wildman–Crippen MR) is 88.5 cm³/mol. The molecule has 0 aliphatic heterocycles. The van der Waals surface area contributed by atoms with E-state index in [4.69, 9.17) is 16.3 Å². The number of hydrogen-bond acceptors (Lipinski definition) is 3. The smallest absolute Gasteiger partial charge is 0.243 e. The Bertz CT molecular complexity index is 811. The van der Waals surface area contributed by atoms with E-state index >= 15 is 0 Å². The van der Waals surface area contributed by atoms with Crippen molar-refractivity contribution in [3.05, 3.63) is 47.4 Å². The first-order valence-corrected chi connectivity index (χ1v) is 7.67. The second-order valence-electron chi connectivity index (χ2n) is 5.78. The van der Waals surface area contributed by atoms with Crippen molar-refractivity contribution in [3.8, 4) is 16.9 Å². The van der Waals surface area contributed by atoms with Crippen LogP contribution in [0.1, 0.15) is 19.4 Å². The number of pyridine rings is 1. The van der Waals surface area contributed by atoms with Crippen molar-refractivity contribution in [2.75, 3.05) is 6.61 Å². The van der Waals surface area contributed by atoms with Crippen LogP contribution in [-0.4, -0.2) is 21.2 Å². The maximum atomic E-state index is 6.00. The summed E-state index contributed by atoms with van der Waals surface area (Å²) in [6.07, 6.45) is 1.83. The van der Waals surface area contributed by atoms with Crippen LogP contribution < -0.4 is 4.74 Å². The molecule has 0 unspecified atom stereocenters. The minimum atomic E-state index is 0.240. The molecule has 2 heterocycles. The third-order valence-electron chi connectivity index (χ3n) is 3.34. The highest BCUT2D eigenvalue weighted by molar-refractivity contribution is 6.28. The largest absolute Gasteiger partial charge is 0.493 e. The molecular weight excluding hydrogens is 298 g/mol. The van der Waals surface area contributed by atoms with Gasteiger partial charge in [-0.25, -0.2) is 4.52 Å². The first kappa shape index (κ1) is 14.9. The number of halogens is 1. The molecule has 114 valence electrons. The van der Waals surface area contributed by atoms with Gasteiger partial charge in [0.1, 0.15) is 5.75 Å². The van der Waals surface area contributed by atoms with E-state index in [-0.39, 0.29) is 5.28 Å². The van der Waals surface area contributed by atoms with E-state index in [1.807, 2.05) is 18.3 Å². The van der Waals surface area contributed by atoms with Crippen molar-refractivity contribution in [1.29, 1.82) is 0 Å². The van der Waals surface area contributed by atoms with Gasteiger partial charge in [-0.1, -0.05) is 26.0 Å². The van der Waals surface area contributed by atoms with Gasteiger partial charge in [0.15, 0.2) is 5.65 Å². The molecule has 0 bridgehead atoms. The Morgan fingerprint density at radius 2 is 2.05 bits per heavy atom. The quantitative estimate of drug-likeness (QED) is 0.716. The second kappa shape index (κ2) is 5.97. The lowest BCUT2D eigenvalue weighted by atomic mass is 10.0. The average Bonchev–Trinajstić information content (AvgIpc) is 2.85. The topological polar surface area (TPSA) is 39.4 Å². The minimum Gasteiger partial charge on any atom is -0.493 e. The molecule has 1 aromatic carbocycles. The number of benzene rings is 1. The van der Waals surface area contributed by atoms with Gasteiger partial charge in [-0.05, 0) is 48.2 Å². The van der Waals surface area contributed by atoms with Crippen molar-refractivity contribution < 1.29 is 4.74 Å². The number of aryl methyl sites for hydroxylation is 1. The average molecular weight is 316 g/mol. The molecule has 0 aliphatic rings. The number of fused-ring (bicyclic) bond motifs is 1. The zero-order chi connectivity index (χ0) is 15.7. The van der Waals surface area contributed by atoms with Gasteiger partial charge in [0.2, 0.25) is 5.28 Å². The molecule has 2 aromatic heterocycles. The highest BCUT2D eigenvalue weighted by Crippen LogP contribution is 2.33. The summed E-state index contributed by atoms with van der Waals surface area (Å²) in [5.41, 5.74) is 3.85. The molecule has 0 spiro atoms. The van der Waals surface area contributed by atoms with Crippen LogP contribution in [0.15, 0.2) is 36.5 Å². The third kappa shape index (κ3) is 2.92. The Kier molecular flexibility index (Phi) is 4.03. The van der Waals surface area contributed by atoms with Crippen LogP contribution in [0.3, 0.4) is 0 Å². The van der Waals surface area contributed by atoms with Gasteiger partial charge >= 0.3 is 0 Å². The SMILES string of the molecule is Cc1ccc(-c2cccn3nc(Cl)nc23)c(OCC(C)C)c1. The first-order chi connectivity index (χ1) is 10.5. The second-order valence-corrected chi connectivity index (χ2v) is 6.11. The van der Waals surface area contributed by atoms with Crippen LogP contribution in [0, 0.1) is 12.8 Å². The van der Waals surface area contributed by atoms with Crippen molar-refractivity contribution in [2.45, 2.75) is 20.8 Å². The molecule has 0 radical (unpaired) electrons. The third-order valence-corrected chi connectivity index (χ3v) is 3.50. The number of nitrogens with zero attached hydrogens (tertiary/aromatic N) is 3. The Balaban J connectivity index is 2.13. The van der Waals surface area contributed by atoms with Gasteiger partial charge in [0.25, 0.3) is 0 Å². The Labute approximate surface area is 134 Å². The highest BCUT2D eigenvalue weighted by Gasteiger charge is 2.13. The van der Waals surface area contributed by atoms with Crippen molar-refractivity contribution in [3.63, 3.8) is 0 Å². The minimum absolute atomic E-state index is 0.240. The summed E-state index contributed by atoms with van der Waals surface area (Å²) in [5, 5.41) is 4.39. The van der Waals surface area contributed by atoms with E-state index in [1.54, 1.807) is 4.52 Å². The molecule has 22 heavy (non-hydrogen) atoms. The van der Waals surface area contributed by atoms with Gasteiger partial charge in [0, 0.05) is 17.3 Å². The summed E-state index contributed by atoms with van der Waals surface area (Å²) in [4.78, 5) is 4.31. The van der Waals surface area contributed by atoms with Gasteiger partial charge in [-0.2, -0.15) is 4.98 Å². The van der Waals surface area contributed by atoms with Crippen molar-refractivity contribution in [2.24, 2.45) is 5.92 Å². The lowest BCUT2D eigenvalue weighted by molar-refractivity contribution is 0.272. The molecular formula is C17H18ClN3O. The monoisotopic (exact) mass is 315 g/mol. The number of hydrogen-bond donors (Lipinski definition) is 0. The summed E-state index contributed by atoms with van der Waals surface area (Å²) < 4.78 is 7.68. The summed E-state index contributed by atoms with van der Waals surface area (Å²) >= 11 is 5.94. The van der Waals surface area contributed by atoms with Crippen LogP contribution in [-0.2, 0) is 0 Å². The van der Waals surface area contributed by atoms with Crippen molar-refractivity contribution in [1.82, 2.24) is 14.6 Å². The molecule has 0 saturated carbocycles. The van der Waals surface area contributed by atoms with Gasteiger partial charge in [-0.3, -0.25) is 0 Å². The number of ether oxygens (including phenoxy) is 1. The molecule has 0 saturated heterocycles. The van der Waals surface area contributed by atoms with Crippen molar-refractivity contribution >= 4 is 17.2 Å². The molecule has 0 fully saturated rings. The molecule has 5 heteroatoms.